The third-order valence-corrected chi connectivity index (χ3v) is 6.17. The lowest BCUT2D eigenvalue weighted by Crippen LogP contribution is -2.50. The van der Waals surface area contributed by atoms with Crippen molar-refractivity contribution in [1.29, 1.82) is 0 Å². The Morgan fingerprint density at radius 2 is 1.84 bits per heavy atom. The molecule has 1 atom stereocenters. The molecule has 3 N–H and O–H groups in total. The van der Waals surface area contributed by atoms with Gasteiger partial charge in [-0.25, -0.2) is 0 Å². The van der Waals surface area contributed by atoms with Gasteiger partial charge in [0, 0.05) is 39.3 Å². The summed E-state index contributed by atoms with van der Waals surface area (Å²) in [6.07, 6.45) is 1.15. The Kier molecular flexibility index (Phi) is 8.78. The van der Waals surface area contributed by atoms with Crippen LogP contribution in [0.3, 0.4) is 0 Å². The van der Waals surface area contributed by atoms with Gasteiger partial charge in [0.15, 0.2) is 0 Å². The predicted molar refractivity (Wildman–Crippen MR) is 124 cm³/mol. The highest BCUT2D eigenvalue weighted by Gasteiger charge is 2.23. The Hall–Kier alpha value is -2.06. The summed E-state index contributed by atoms with van der Waals surface area (Å²) in [4.78, 5) is 32.9. The van der Waals surface area contributed by atoms with Gasteiger partial charge >= 0.3 is 0 Å². The molecule has 168 valence electrons. The zero-order valence-corrected chi connectivity index (χ0v) is 19.2. The van der Waals surface area contributed by atoms with Crippen LogP contribution in [-0.4, -0.2) is 79.0 Å². The summed E-state index contributed by atoms with van der Waals surface area (Å²) >= 11 is 11.8. The SMILES string of the molecule is CN1CCN(CCNC(=O)[C@H](CCc2ccccc2)NC(=O)c2cc(Cl)c(Cl)[nH]2)CC1. The normalized spacial score (nSPS) is 16.1. The number of rotatable bonds is 9. The number of carbonyl (C=O) groups excluding carboxylic acids is 2. The number of aromatic nitrogens is 1. The molecular weight excluding hydrogens is 437 g/mol. The zero-order valence-electron chi connectivity index (χ0n) is 17.7. The fourth-order valence-electron chi connectivity index (χ4n) is 3.52. The number of aromatic amines is 1. The van der Waals surface area contributed by atoms with E-state index in [9.17, 15) is 9.59 Å². The molecule has 3 rings (SSSR count). The second kappa shape index (κ2) is 11.5. The fourth-order valence-corrected chi connectivity index (χ4v) is 3.83. The minimum atomic E-state index is -0.666. The highest BCUT2D eigenvalue weighted by atomic mass is 35.5. The maximum Gasteiger partial charge on any atom is 0.268 e. The quantitative estimate of drug-likeness (QED) is 0.531. The van der Waals surface area contributed by atoms with E-state index in [0.29, 0.717) is 19.4 Å². The Morgan fingerprint density at radius 1 is 1.13 bits per heavy atom. The van der Waals surface area contributed by atoms with Crippen molar-refractivity contribution in [1.82, 2.24) is 25.4 Å². The second-order valence-electron chi connectivity index (χ2n) is 7.83. The van der Waals surface area contributed by atoms with Crippen LogP contribution >= 0.6 is 23.2 Å². The van der Waals surface area contributed by atoms with Crippen molar-refractivity contribution >= 4 is 35.0 Å². The number of amides is 2. The summed E-state index contributed by atoms with van der Waals surface area (Å²) in [6.45, 7) is 5.39. The van der Waals surface area contributed by atoms with Crippen LogP contribution in [0.25, 0.3) is 0 Å². The number of likely N-dealkylation sites (N-methyl/N-ethyl adjacent to an activating group) is 1. The minimum absolute atomic E-state index is 0.192. The van der Waals surface area contributed by atoms with Crippen LogP contribution in [-0.2, 0) is 11.2 Å². The second-order valence-corrected chi connectivity index (χ2v) is 8.62. The summed E-state index contributed by atoms with van der Waals surface area (Å²) < 4.78 is 0. The number of nitrogens with one attached hydrogen (secondary N) is 3. The molecule has 2 amide bonds. The first kappa shape index (κ1) is 23.6. The molecule has 1 aromatic carbocycles. The molecule has 0 bridgehead atoms. The van der Waals surface area contributed by atoms with E-state index in [-0.39, 0.29) is 21.8 Å². The van der Waals surface area contributed by atoms with Crippen LogP contribution in [0.4, 0.5) is 0 Å². The number of aryl methyl sites for hydroxylation is 1. The van der Waals surface area contributed by atoms with Gasteiger partial charge in [0.05, 0.1) is 5.02 Å². The molecule has 0 aliphatic carbocycles. The number of hydrogen-bond acceptors (Lipinski definition) is 4. The van der Waals surface area contributed by atoms with E-state index >= 15 is 0 Å². The van der Waals surface area contributed by atoms with Crippen LogP contribution in [0.2, 0.25) is 10.2 Å². The van der Waals surface area contributed by atoms with Gasteiger partial charge < -0.3 is 20.5 Å². The number of carbonyl (C=O) groups is 2. The Morgan fingerprint density at radius 3 is 2.48 bits per heavy atom. The van der Waals surface area contributed by atoms with Crippen molar-refractivity contribution in [3.8, 4) is 0 Å². The zero-order chi connectivity index (χ0) is 22.2. The van der Waals surface area contributed by atoms with E-state index in [1.807, 2.05) is 30.3 Å². The third kappa shape index (κ3) is 7.25. The molecule has 9 heteroatoms. The summed E-state index contributed by atoms with van der Waals surface area (Å²) in [7, 11) is 2.11. The van der Waals surface area contributed by atoms with Gasteiger partial charge in [-0.1, -0.05) is 53.5 Å². The van der Waals surface area contributed by atoms with Crippen LogP contribution in [0.1, 0.15) is 22.5 Å². The molecule has 0 saturated carbocycles. The molecule has 0 radical (unpaired) electrons. The van der Waals surface area contributed by atoms with Crippen molar-refractivity contribution in [2.24, 2.45) is 0 Å². The maximum atomic E-state index is 12.9. The number of halogens is 2. The summed E-state index contributed by atoms with van der Waals surface area (Å²) in [5, 5.41) is 6.26. The lowest BCUT2D eigenvalue weighted by molar-refractivity contribution is -0.123. The van der Waals surface area contributed by atoms with Crippen molar-refractivity contribution in [3.63, 3.8) is 0 Å². The van der Waals surface area contributed by atoms with E-state index in [1.54, 1.807) is 0 Å². The number of H-pyrrole nitrogens is 1. The van der Waals surface area contributed by atoms with E-state index in [1.165, 1.54) is 6.07 Å². The number of benzene rings is 1. The average Bonchev–Trinajstić information content (AvgIpc) is 3.11. The predicted octanol–water partition coefficient (Wildman–Crippen LogP) is 2.42. The Labute approximate surface area is 193 Å². The minimum Gasteiger partial charge on any atom is -0.353 e. The number of hydrogen-bond donors (Lipinski definition) is 3. The maximum absolute atomic E-state index is 12.9. The molecule has 1 fully saturated rings. The van der Waals surface area contributed by atoms with Crippen LogP contribution in [0.15, 0.2) is 36.4 Å². The smallest absolute Gasteiger partial charge is 0.268 e. The average molecular weight is 466 g/mol. The first-order valence-corrected chi connectivity index (χ1v) is 11.3. The van der Waals surface area contributed by atoms with Gasteiger partial charge in [-0.2, -0.15) is 0 Å². The van der Waals surface area contributed by atoms with Crippen LogP contribution < -0.4 is 10.6 Å². The molecule has 31 heavy (non-hydrogen) atoms. The van der Waals surface area contributed by atoms with Crippen LogP contribution in [0.5, 0.6) is 0 Å². The Bertz CT molecular complexity index is 847. The first-order valence-electron chi connectivity index (χ1n) is 10.5. The molecule has 0 unspecified atom stereocenters. The topological polar surface area (TPSA) is 80.5 Å². The lowest BCUT2D eigenvalue weighted by atomic mass is 10.0. The number of piperazine rings is 1. The van der Waals surface area contributed by atoms with Gasteiger partial charge in [0.25, 0.3) is 5.91 Å². The standard InChI is InChI=1S/C22H29Cl2N5O2/c1-28-11-13-29(14-12-28)10-9-25-21(30)18(8-7-16-5-3-2-4-6-16)27-22(31)19-15-17(23)20(24)26-19/h2-6,15,18,26H,7-14H2,1H3,(H,25,30)(H,27,31)/t18-/m0/s1. The molecule has 1 saturated heterocycles. The molecule has 0 spiro atoms. The van der Waals surface area contributed by atoms with E-state index < -0.39 is 11.9 Å². The molecule has 2 aromatic rings. The molecular formula is C22H29Cl2N5O2. The Balaban J connectivity index is 1.57. The molecule has 1 aliphatic heterocycles. The summed E-state index contributed by atoms with van der Waals surface area (Å²) in [5.41, 5.74) is 1.34. The van der Waals surface area contributed by atoms with Gasteiger partial charge in [0.2, 0.25) is 5.91 Å². The van der Waals surface area contributed by atoms with E-state index in [2.05, 4.69) is 32.5 Å². The van der Waals surface area contributed by atoms with Crippen LogP contribution in [0, 0.1) is 0 Å². The van der Waals surface area contributed by atoms with E-state index in [0.717, 1.165) is 38.3 Å². The highest BCUT2D eigenvalue weighted by molar-refractivity contribution is 6.41. The highest BCUT2D eigenvalue weighted by Crippen LogP contribution is 2.21. The fraction of sp³-hybridized carbons (Fsp3) is 0.455. The molecule has 1 aliphatic rings. The van der Waals surface area contributed by atoms with Gasteiger partial charge in [-0.15, -0.1) is 0 Å². The van der Waals surface area contributed by atoms with Crippen molar-refractivity contribution < 1.29 is 9.59 Å². The molecule has 1 aromatic heterocycles. The van der Waals surface area contributed by atoms with Gasteiger partial charge in [0.1, 0.15) is 16.9 Å². The summed E-state index contributed by atoms with van der Waals surface area (Å²) in [6, 6.07) is 10.7. The monoisotopic (exact) mass is 465 g/mol. The van der Waals surface area contributed by atoms with Crippen molar-refractivity contribution in [2.75, 3.05) is 46.3 Å². The van der Waals surface area contributed by atoms with Gasteiger partial charge in [-0.05, 0) is 31.5 Å². The van der Waals surface area contributed by atoms with E-state index in [4.69, 9.17) is 23.2 Å². The summed E-state index contributed by atoms with van der Waals surface area (Å²) in [5.74, 6) is -0.608. The number of nitrogens with zero attached hydrogens (tertiary/aromatic N) is 2. The first-order chi connectivity index (χ1) is 14.9. The van der Waals surface area contributed by atoms with Crippen molar-refractivity contribution in [3.05, 3.63) is 57.8 Å². The molecule has 2 heterocycles. The van der Waals surface area contributed by atoms with Crippen molar-refractivity contribution in [2.45, 2.75) is 18.9 Å². The van der Waals surface area contributed by atoms with Gasteiger partial charge in [-0.3, -0.25) is 14.5 Å². The molecule has 7 nitrogen and oxygen atoms in total. The largest absolute Gasteiger partial charge is 0.353 e. The third-order valence-electron chi connectivity index (χ3n) is 5.48. The lowest BCUT2D eigenvalue weighted by Gasteiger charge is -2.32.